The molecule has 0 aliphatic heterocycles. The minimum Gasteiger partial charge on any atom is -0.297 e. The fourth-order valence-electron chi connectivity index (χ4n) is 1.23. The van der Waals surface area contributed by atoms with E-state index >= 15 is 0 Å². The maximum atomic E-state index is 10.6. The molecular weight excluding hydrogens is 166 g/mol. The number of hydrogen-bond donors (Lipinski definition) is 0. The van der Waals surface area contributed by atoms with Gasteiger partial charge in [0, 0.05) is 25.5 Å². The molecule has 2 rings (SSSR count). The van der Waals surface area contributed by atoms with Crippen molar-refractivity contribution in [2.45, 2.75) is 0 Å². The first kappa shape index (κ1) is 7.79. The molecule has 0 saturated heterocycles. The van der Waals surface area contributed by atoms with Gasteiger partial charge in [-0.2, -0.15) is 5.10 Å². The number of aromatic nitrogens is 3. The molecule has 0 spiro atoms. The van der Waals surface area contributed by atoms with Crippen LogP contribution in [-0.2, 0) is 7.05 Å². The van der Waals surface area contributed by atoms with Crippen molar-refractivity contribution in [3.05, 3.63) is 36.3 Å². The molecular formula is C9H9N3O. The van der Waals surface area contributed by atoms with Crippen LogP contribution in [0.4, 0.5) is 0 Å². The molecule has 0 fully saturated rings. The molecule has 13 heavy (non-hydrogen) atoms. The number of hydrogen-bond acceptors (Lipinski definition) is 2. The van der Waals surface area contributed by atoms with Gasteiger partial charge in [0.1, 0.15) is 0 Å². The van der Waals surface area contributed by atoms with Crippen LogP contribution in [0.5, 0.6) is 0 Å². The molecule has 0 N–H and O–H groups in total. The third-order valence-corrected chi connectivity index (χ3v) is 1.85. The molecule has 4 nitrogen and oxygen atoms in total. The monoisotopic (exact) mass is 175 g/mol. The third-order valence-electron chi connectivity index (χ3n) is 1.85. The average molecular weight is 175 g/mol. The molecule has 0 aromatic carbocycles. The standard InChI is InChI=1S/C9H9N3O/c1-11-6-4-9(10-11)12-5-2-3-8(12)7-13/h2-7H,1H3. The summed E-state index contributed by atoms with van der Waals surface area (Å²) in [5, 5.41) is 4.18. The maximum Gasteiger partial charge on any atom is 0.166 e. The second-order valence-electron chi connectivity index (χ2n) is 2.77. The van der Waals surface area contributed by atoms with Crippen LogP contribution in [0.2, 0.25) is 0 Å². The molecule has 0 radical (unpaired) electrons. The van der Waals surface area contributed by atoms with E-state index in [9.17, 15) is 4.79 Å². The molecule has 0 amide bonds. The number of nitrogens with zero attached hydrogens (tertiary/aromatic N) is 3. The van der Waals surface area contributed by atoms with Crippen LogP contribution < -0.4 is 0 Å². The van der Waals surface area contributed by atoms with Gasteiger partial charge in [0.15, 0.2) is 12.1 Å². The van der Waals surface area contributed by atoms with Gasteiger partial charge in [-0.3, -0.25) is 14.0 Å². The lowest BCUT2D eigenvalue weighted by molar-refractivity contribution is 0.111. The molecule has 0 atom stereocenters. The van der Waals surface area contributed by atoms with Crippen LogP contribution in [0.1, 0.15) is 10.5 Å². The Morgan fingerprint density at radius 1 is 1.38 bits per heavy atom. The highest BCUT2D eigenvalue weighted by Gasteiger charge is 2.03. The zero-order chi connectivity index (χ0) is 9.26. The lowest BCUT2D eigenvalue weighted by Gasteiger charge is -1.98. The van der Waals surface area contributed by atoms with Crippen molar-refractivity contribution in [3.63, 3.8) is 0 Å². The molecule has 0 bridgehead atoms. The largest absolute Gasteiger partial charge is 0.297 e. The normalized spacial score (nSPS) is 10.2. The Morgan fingerprint density at radius 2 is 2.23 bits per heavy atom. The van der Waals surface area contributed by atoms with Crippen LogP contribution in [0.15, 0.2) is 30.6 Å². The summed E-state index contributed by atoms with van der Waals surface area (Å²) < 4.78 is 3.44. The molecule has 0 aliphatic rings. The highest BCUT2D eigenvalue weighted by Crippen LogP contribution is 2.07. The van der Waals surface area contributed by atoms with Crippen molar-refractivity contribution in [2.75, 3.05) is 0 Å². The fourth-order valence-corrected chi connectivity index (χ4v) is 1.23. The van der Waals surface area contributed by atoms with Gasteiger partial charge < -0.3 is 0 Å². The number of aldehydes is 1. The second-order valence-corrected chi connectivity index (χ2v) is 2.77. The van der Waals surface area contributed by atoms with Gasteiger partial charge in [0.05, 0.1) is 5.69 Å². The first-order valence-corrected chi connectivity index (χ1v) is 3.94. The van der Waals surface area contributed by atoms with E-state index in [4.69, 9.17) is 0 Å². The molecule has 0 aliphatic carbocycles. The Balaban J connectivity index is 2.51. The zero-order valence-electron chi connectivity index (χ0n) is 7.21. The van der Waals surface area contributed by atoms with E-state index in [-0.39, 0.29) is 0 Å². The number of carbonyl (C=O) groups is 1. The molecule has 2 heterocycles. The van der Waals surface area contributed by atoms with E-state index < -0.39 is 0 Å². The Bertz CT molecular complexity index is 428. The SMILES string of the molecule is Cn1ccc(-n2cccc2C=O)n1. The van der Waals surface area contributed by atoms with Crippen LogP contribution in [0.3, 0.4) is 0 Å². The smallest absolute Gasteiger partial charge is 0.166 e. The average Bonchev–Trinajstić information content (AvgIpc) is 2.71. The quantitative estimate of drug-likeness (QED) is 0.639. The van der Waals surface area contributed by atoms with Crippen molar-refractivity contribution < 1.29 is 4.79 Å². The molecule has 0 unspecified atom stereocenters. The summed E-state index contributed by atoms with van der Waals surface area (Å²) in [5.41, 5.74) is 0.610. The Kier molecular flexibility index (Phi) is 1.73. The van der Waals surface area contributed by atoms with Gasteiger partial charge in [-0.25, -0.2) is 0 Å². The van der Waals surface area contributed by atoms with Crippen LogP contribution in [0, 0.1) is 0 Å². The minimum absolute atomic E-state index is 0.610. The lowest BCUT2D eigenvalue weighted by Crippen LogP contribution is -1.99. The first-order valence-electron chi connectivity index (χ1n) is 3.94. The van der Waals surface area contributed by atoms with E-state index in [1.807, 2.05) is 31.6 Å². The zero-order valence-corrected chi connectivity index (χ0v) is 7.21. The Morgan fingerprint density at radius 3 is 2.85 bits per heavy atom. The highest BCUT2D eigenvalue weighted by molar-refractivity contribution is 5.73. The summed E-state index contributed by atoms with van der Waals surface area (Å²) in [6, 6.07) is 5.42. The molecule has 2 aromatic heterocycles. The molecule has 2 aromatic rings. The molecule has 4 heteroatoms. The lowest BCUT2D eigenvalue weighted by atomic mass is 10.5. The van der Waals surface area contributed by atoms with Crippen LogP contribution in [0.25, 0.3) is 5.82 Å². The minimum atomic E-state index is 0.610. The molecule has 66 valence electrons. The van der Waals surface area contributed by atoms with Gasteiger partial charge in [0.2, 0.25) is 0 Å². The summed E-state index contributed by atoms with van der Waals surface area (Å²) in [7, 11) is 1.84. The van der Waals surface area contributed by atoms with Gasteiger partial charge >= 0.3 is 0 Å². The maximum absolute atomic E-state index is 10.6. The third kappa shape index (κ3) is 1.26. The Hall–Kier alpha value is -1.84. The Labute approximate surface area is 75.4 Å². The summed E-state index contributed by atoms with van der Waals surface area (Å²) in [6.07, 6.45) is 4.46. The van der Waals surface area contributed by atoms with Gasteiger partial charge in [-0.15, -0.1) is 0 Å². The van der Waals surface area contributed by atoms with Crippen LogP contribution >= 0.6 is 0 Å². The van der Waals surface area contributed by atoms with Crippen molar-refractivity contribution in [1.82, 2.24) is 14.3 Å². The van der Waals surface area contributed by atoms with E-state index in [0.29, 0.717) is 5.69 Å². The van der Waals surface area contributed by atoms with Crippen molar-refractivity contribution in [3.8, 4) is 5.82 Å². The van der Waals surface area contributed by atoms with E-state index in [0.717, 1.165) is 12.1 Å². The second kappa shape index (κ2) is 2.90. The number of carbonyl (C=O) groups excluding carboxylic acids is 1. The van der Waals surface area contributed by atoms with E-state index in [1.54, 1.807) is 15.3 Å². The molecule has 0 saturated carbocycles. The predicted molar refractivity (Wildman–Crippen MR) is 47.9 cm³/mol. The van der Waals surface area contributed by atoms with Crippen molar-refractivity contribution in [1.29, 1.82) is 0 Å². The van der Waals surface area contributed by atoms with Crippen molar-refractivity contribution >= 4 is 6.29 Å². The number of aryl methyl sites for hydroxylation is 1. The van der Waals surface area contributed by atoms with Crippen LogP contribution in [-0.4, -0.2) is 20.6 Å². The summed E-state index contributed by atoms with van der Waals surface area (Å²) in [6.45, 7) is 0. The summed E-state index contributed by atoms with van der Waals surface area (Å²) >= 11 is 0. The van der Waals surface area contributed by atoms with Gasteiger partial charge in [-0.1, -0.05) is 0 Å². The van der Waals surface area contributed by atoms with Crippen molar-refractivity contribution in [2.24, 2.45) is 7.05 Å². The predicted octanol–water partition coefficient (Wildman–Crippen LogP) is 1.02. The first-order chi connectivity index (χ1) is 6.31. The van der Waals surface area contributed by atoms with Gasteiger partial charge in [-0.05, 0) is 12.1 Å². The number of rotatable bonds is 2. The fraction of sp³-hybridized carbons (Fsp3) is 0.111. The van der Waals surface area contributed by atoms with E-state index in [2.05, 4.69) is 5.10 Å². The van der Waals surface area contributed by atoms with E-state index in [1.165, 1.54) is 0 Å². The summed E-state index contributed by atoms with van der Waals surface area (Å²) in [5.74, 6) is 0.759. The topological polar surface area (TPSA) is 39.8 Å². The highest BCUT2D eigenvalue weighted by atomic mass is 16.1. The summed E-state index contributed by atoms with van der Waals surface area (Å²) in [4.78, 5) is 10.6. The van der Waals surface area contributed by atoms with Gasteiger partial charge in [0.25, 0.3) is 0 Å².